The lowest BCUT2D eigenvalue weighted by atomic mass is 9.84. The number of rotatable bonds is 7. The third-order valence-corrected chi connectivity index (χ3v) is 7.36. The predicted molar refractivity (Wildman–Crippen MR) is 120 cm³/mol. The van der Waals surface area contributed by atoms with E-state index in [1.54, 1.807) is 19.2 Å². The van der Waals surface area contributed by atoms with E-state index in [4.69, 9.17) is 4.74 Å². The molecule has 170 valence electrons. The Kier molecular flexibility index (Phi) is 7.10. The van der Waals surface area contributed by atoms with Gasteiger partial charge in [0.05, 0.1) is 18.7 Å². The van der Waals surface area contributed by atoms with Gasteiger partial charge in [-0.2, -0.15) is 0 Å². The van der Waals surface area contributed by atoms with E-state index in [9.17, 15) is 9.59 Å². The molecule has 0 radical (unpaired) electrons. The van der Waals surface area contributed by atoms with Crippen molar-refractivity contribution in [1.29, 1.82) is 0 Å². The van der Waals surface area contributed by atoms with Crippen LogP contribution in [-0.2, 0) is 9.53 Å². The summed E-state index contributed by atoms with van der Waals surface area (Å²) in [5.74, 6) is 3.09. The van der Waals surface area contributed by atoms with Gasteiger partial charge in [0, 0.05) is 38.4 Å². The first-order valence-electron chi connectivity index (χ1n) is 11.9. The molecule has 1 N–H and O–H groups in total. The summed E-state index contributed by atoms with van der Waals surface area (Å²) in [4.78, 5) is 33.4. The zero-order chi connectivity index (χ0) is 21.8. The third-order valence-electron chi connectivity index (χ3n) is 7.36. The lowest BCUT2D eigenvalue weighted by Gasteiger charge is -2.29. The Morgan fingerprint density at radius 3 is 2.74 bits per heavy atom. The smallest absolute Gasteiger partial charge is 0.339 e. The Balaban J connectivity index is 1.24. The molecule has 4 atom stereocenters. The molecule has 4 rings (SSSR count). The van der Waals surface area contributed by atoms with E-state index in [1.165, 1.54) is 25.7 Å². The summed E-state index contributed by atoms with van der Waals surface area (Å²) in [6.07, 6.45) is 7.99. The van der Waals surface area contributed by atoms with Crippen LogP contribution in [0.4, 0.5) is 5.82 Å². The van der Waals surface area contributed by atoms with E-state index >= 15 is 0 Å². The molecule has 1 aliphatic heterocycles. The number of carbonyl (C=O) groups is 2. The van der Waals surface area contributed by atoms with Crippen LogP contribution in [0, 0.1) is 17.8 Å². The number of amides is 1. The maximum absolute atomic E-state index is 12.7. The molecule has 7 nitrogen and oxygen atoms in total. The summed E-state index contributed by atoms with van der Waals surface area (Å²) in [5, 5.41) is 3.29. The SMILES string of the molecule is CCOC(=O)c1ccc(N2CCCN(CC(=O)NC(C)C3CC4CCC3C4)CC2)nc1. The average molecular weight is 429 g/mol. The quantitative estimate of drug-likeness (QED) is 0.673. The van der Waals surface area contributed by atoms with Crippen molar-refractivity contribution < 1.29 is 14.3 Å². The van der Waals surface area contributed by atoms with Crippen LogP contribution in [0.15, 0.2) is 18.3 Å². The number of pyridine rings is 1. The molecule has 3 fully saturated rings. The van der Waals surface area contributed by atoms with Gasteiger partial charge in [-0.3, -0.25) is 9.69 Å². The zero-order valence-corrected chi connectivity index (χ0v) is 18.9. The van der Waals surface area contributed by atoms with Crippen molar-refractivity contribution in [1.82, 2.24) is 15.2 Å². The summed E-state index contributed by atoms with van der Waals surface area (Å²) >= 11 is 0. The molecule has 0 aromatic carbocycles. The number of hydrogen-bond donors (Lipinski definition) is 1. The molecule has 1 saturated heterocycles. The standard InChI is InChI=1S/C24H36N4O3/c1-3-31-24(30)20-7-8-22(25-15-20)28-10-4-9-27(11-12-28)16-23(29)26-17(2)21-14-18-5-6-19(21)13-18/h7-8,15,17-19,21H,3-6,9-14,16H2,1-2H3,(H,26,29). The summed E-state index contributed by atoms with van der Waals surface area (Å²) in [5.41, 5.74) is 0.475. The Hall–Kier alpha value is -2.15. The highest BCUT2D eigenvalue weighted by molar-refractivity contribution is 5.89. The van der Waals surface area contributed by atoms with Crippen LogP contribution >= 0.6 is 0 Å². The van der Waals surface area contributed by atoms with Crippen molar-refractivity contribution in [2.75, 3.05) is 44.2 Å². The molecule has 1 amide bonds. The van der Waals surface area contributed by atoms with E-state index in [0.717, 1.165) is 50.3 Å². The second-order valence-corrected chi connectivity index (χ2v) is 9.44. The van der Waals surface area contributed by atoms with Gasteiger partial charge in [0.15, 0.2) is 0 Å². The summed E-state index contributed by atoms with van der Waals surface area (Å²) in [6.45, 7) is 8.27. The van der Waals surface area contributed by atoms with Crippen LogP contribution in [0.2, 0.25) is 0 Å². The number of esters is 1. The van der Waals surface area contributed by atoms with Gasteiger partial charge in [0.25, 0.3) is 0 Å². The average Bonchev–Trinajstić information content (AvgIpc) is 3.33. The van der Waals surface area contributed by atoms with Crippen LogP contribution in [0.1, 0.15) is 56.3 Å². The summed E-state index contributed by atoms with van der Waals surface area (Å²) in [6, 6.07) is 3.94. The Bertz CT molecular complexity index is 769. The Labute approximate surface area is 185 Å². The molecule has 7 heteroatoms. The van der Waals surface area contributed by atoms with E-state index in [-0.39, 0.29) is 17.9 Å². The minimum atomic E-state index is -0.339. The summed E-state index contributed by atoms with van der Waals surface area (Å²) in [7, 11) is 0. The van der Waals surface area contributed by atoms with Crippen molar-refractivity contribution in [2.24, 2.45) is 17.8 Å². The molecule has 4 unspecified atom stereocenters. The van der Waals surface area contributed by atoms with Gasteiger partial charge in [-0.1, -0.05) is 6.42 Å². The topological polar surface area (TPSA) is 74.8 Å². The normalized spacial score (nSPS) is 27.0. The van der Waals surface area contributed by atoms with Crippen molar-refractivity contribution >= 4 is 17.7 Å². The monoisotopic (exact) mass is 428 g/mol. The second-order valence-electron chi connectivity index (χ2n) is 9.44. The number of aromatic nitrogens is 1. The number of nitrogens with zero attached hydrogens (tertiary/aromatic N) is 3. The molecule has 1 aromatic rings. The van der Waals surface area contributed by atoms with E-state index in [0.29, 0.717) is 24.6 Å². The van der Waals surface area contributed by atoms with Crippen LogP contribution in [0.25, 0.3) is 0 Å². The Morgan fingerprint density at radius 2 is 2.06 bits per heavy atom. The fourth-order valence-corrected chi connectivity index (χ4v) is 5.78. The molecule has 1 aromatic heterocycles. The highest BCUT2D eigenvalue weighted by Gasteiger charge is 2.42. The predicted octanol–water partition coefficient (Wildman–Crippen LogP) is 2.71. The van der Waals surface area contributed by atoms with Gasteiger partial charge in [-0.05, 0) is 69.4 Å². The van der Waals surface area contributed by atoms with E-state index in [2.05, 4.69) is 27.0 Å². The van der Waals surface area contributed by atoms with Gasteiger partial charge in [-0.15, -0.1) is 0 Å². The minimum absolute atomic E-state index is 0.153. The second kappa shape index (κ2) is 9.98. The van der Waals surface area contributed by atoms with Crippen molar-refractivity contribution in [2.45, 2.75) is 52.0 Å². The molecule has 3 aliphatic rings. The highest BCUT2D eigenvalue weighted by Crippen LogP contribution is 2.49. The minimum Gasteiger partial charge on any atom is -0.462 e. The highest BCUT2D eigenvalue weighted by atomic mass is 16.5. The van der Waals surface area contributed by atoms with Crippen molar-refractivity contribution in [3.05, 3.63) is 23.9 Å². The van der Waals surface area contributed by atoms with Gasteiger partial charge in [-0.25, -0.2) is 9.78 Å². The lowest BCUT2D eigenvalue weighted by molar-refractivity contribution is -0.123. The van der Waals surface area contributed by atoms with Gasteiger partial charge in [0.1, 0.15) is 5.82 Å². The fourth-order valence-electron chi connectivity index (χ4n) is 5.78. The van der Waals surface area contributed by atoms with E-state index in [1.807, 2.05) is 6.07 Å². The molecular weight excluding hydrogens is 392 g/mol. The Morgan fingerprint density at radius 1 is 1.19 bits per heavy atom. The fraction of sp³-hybridized carbons (Fsp3) is 0.708. The molecular formula is C24H36N4O3. The molecule has 2 aliphatic carbocycles. The van der Waals surface area contributed by atoms with Gasteiger partial charge >= 0.3 is 5.97 Å². The molecule has 2 bridgehead atoms. The molecule has 2 saturated carbocycles. The number of hydrogen-bond acceptors (Lipinski definition) is 6. The third kappa shape index (κ3) is 5.37. The van der Waals surface area contributed by atoms with Crippen molar-refractivity contribution in [3.8, 4) is 0 Å². The van der Waals surface area contributed by atoms with Crippen LogP contribution in [0.3, 0.4) is 0 Å². The number of fused-ring (bicyclic) bond motifs is 2. The largest absolute Gasteiger partial charge is 0.462 e. The maximum Gasteiger partial charge on any atom is 0.339 e. The molecule has 2 heterocycles. The first kappa shape index (κ1) is 22.1. The van der Waals surface area contributed by atoms with Crippen LogP contribution < -0.4 is 10.2 Å². The number of carbonyl (C=O) groups excluding carboxylic acids is 2. The maximum atomic E-state index is 12.7. The zero-order valence-electron chi connectivity index (χ0n) is 18.9. The molecule has 31 heavy (non-hydrogen) atoms. The lowest BCUT2D eigenvalue weighted by Crippen LogP contribution is -2.45. The van der Waals surface area contributed by atoms with Crippen LogP contribution in [-0.4, -0.2) is 67.1 Å². The van der Waals surface area contributed by atoms with Crippen molar-refractivity contribution in [3.63, 3.8) is 0 Å². The number of nitrogens with one attached hydrogen (secondary N) is 1. The van der Waals surface area contributed by atoms with E-state index < -0.39 is 0 Å². The first-order chi connectivity index (χ1) is 15.0. The van der Waals surface area contributed by atoms with Gasteiger partial charge in [0.2, 0.25) is 5.91 Å². The van der Waals surface area contributed by atoms with Gasteiger partial charge < -0.3 is 15.0 Å². The van der Waals surface area contributed by atoms with Crippen LogP contribution in [0.5, 0.6) is 0 Å². The molecule has 0 spiro atoms. The number of anilines is 1. The number of ether oxygens (including phenoxy) is 1. The summed E-state index contributed by atoms with van der Waals surface area (Å²) < 4.78 is 5.02. The first-order valence-corrected chi connectivity index (χ1v) is 11.9.